The fourth-order valence-corrected chi connectivity index (χ4v) is 3.34. The van der Waals surface area contributed by atoms with Gasteiger partial charge in [0, 0.05) is 18.4 Å². The zero-order valence-electron chi connectivity index (χ0n) is 19.4. The summed E-state index contributed by atoms with van der Waals surface area (Å²) in [5.41, 5.74) is 7.93. The molecule has 1 aromatic heterocycles. The van der Waals surface area contributed by atoms with Crippen LogP contribution in [0.2, 0.25) is 0 Å². The minimum Gasteiger partial charge on any atom is -0.490 e. The molecule has 0 radical (unpaired) electrons. The molecule has 0 bridgehead atoms. The average molecular weight is 445 g/mol. The molecule has 0 saturated heterocycles. The second-order valence-corrected chi connectivity index (χ2v) is 7.48. The Labute approximate surface area is 194 Å². The number of nitrogens with zero attached hydrogens (tertiary/aromatic N) is 3. The predicted octanol–water partition coefficient (Wildman–Crippen LogP) is 5.14. The lowest BCUT2D eigenvalue weighted by atomic mass is 10.1. The number of rotatable bonds is 10. The van der Waals surface area contributed by atoms with Crippen molar-refractivity contribution in [3.05, 3.63) is 82.0 Å². The summed E-state index contributed by atoms with van der Waals surface area (Å²) >= 11 is 0. The molecule has 0 aliphatic heterocycles. The normalized spacial score (nSPS) is 10.8. The van der Waals surface area contributed by atoms with Gasteiger partial charge in [-0.2, -0.15) is 10.4 Å². The summed E-state index contributed by atoms with van der Waals surface area (Å²) in [6.07, 6.45) is 1.65. The molecule has 1 heterocycles. The Bertz CT molecular complexity index is 1170. The minimum atomic E-state index is 0.326. The van der Waals surface area contributed by atoms with Crippen molar-refractivity contribution in [2.75, 3.05) is 19.1 Å². The van der Waals surface area contributed by atoms with Gasteiger partial charge in [-0.25, -0.2) is 4.98 Å². The van der Waals surface area contributed by atoms with Crippen LogP contribution in [-0.2, 0) is 18.0 Å². The Morgan fingerprint density at radius 3 is 2.64 bits per heavy atom. The smallest absolute Gasteiger partial charge is 0.164 e. The number of hydrogen-bond donors (Lipinski definition) is 1. The third kappa shape index (κ3) is 6.55. The summed E-state index contributed by atoms with van der Waals surface area (Å²) in [5.74, 6) is 1.70. The van der Waals surface area contributed by atoms with E-state index in [9.17, 15) is 5.26 Å². The van der Waals surface area contributed by atoms with Crippen LogP contribution in [0.1, 0.15) is 40.4 Å². The highest BCUT2D eigenvalue weighted by molar-refractivity contribution is 5.81. The zero-order valence-corrected chi connectivity index (χ0v) is 19.4. The Hall–Kier alpha value is -3.89. The molecule has 1 N–H and O–H groups in total. The van der Waals surface area contributed by atoms with Gasteiger partial charge in [-0.3, -0.25) is 5.43 Å². The highest BCUT2D eigenvalue weighted by Gasteiger charge is 2.11. The van der Waals surface area contributed by atoms with Crippen molar-refractivity contribution in [3.8, 4) is 17.6 Å². The van der Waals surface area contributed by atoms with Gasteiger partial charge in [0.2, 0.25) is 0 Å². The molecule has 33 heavy (non-hydrogen) atoms. The number of hydrazone groups is 1. The topological polar surface area (TPSA) is 88.8 Å². The molecule has 0 spiro atoms. The van der Waals surface area contributed by atoms with Crippen LogP contribution in [0.3, 0.4) is 0 Å². The van der Waals surface area contributed by atoms with Gasteiger partial charge >= 0.3 is 0 Å². The monoisotopic (exact) mass is 444 g/mol. The van der Waals surface area contributed by atoms with E-state index in [-0.39, 0.29) is 0 Å². The second kappa shape index (κ2) is 11.7. The first-order valence-electron chi connectivity index (χ1n) is 10.7. The van der Waals surface area contributed by atoms with Crippen LogP contribution in [0, 0.1) is 25.2 Å². The molecule has 170 valence electrons. The third-order valence-electron chi connectivity index (χ3n) is 4.77. The molecule has 7 nitrogen and oxygen atoms in total. The Balaban J connectivity index is 1.75. The van der Waals surface area contributed by atoms with E-state index in [0.717, 1.165) is 22.4 Å². The van der Waals surface area contributed by atoms with Crippen molar-refractivity contribution < 1.29 is 14.2 Å². The second-order valence-electron chi connectivity index (χ2n) is 7.48. The first-order valence-corrected chi connectivity index (χ1v) is 10.7. The number of hydrogen-bond acceptors (Lipinski definition) is 7. The Kier molecular flexibility index (Phi) is 8.39. The lowest BCUT2D eigenvalue weighted by Gasteiger charge is -2.13. The molecule has 0 aliphatic carbocycles. The minimum absolute atomic E-state index is 0.326. The molecule has 3 aromatic rings. The van der Waals surface area contributed by atoms with Gasteiger partial charge < -0.3 is 14.2 Å². The zero-order chi connectivity index (χ0) is 23.6. The highest BCUT2D eigenvalue weighted by atomic mass is 16.5. The van der Waals surface area contributed by atoms with Crippen LogP contribution >= 0.6 is 0 Å². The molecule has 0 saturated carbocycles. The first kappa shape index (κ1) is 23.8. The summed E-state index contributed by atoms with van der Waals surface area (Å²) in [4.78, 5) is 4.39. The number of methoxy groups -OCH3 is 1. The van der Waals surface area contributed by atoms with Crippen molar-refractivity contribution >= 4 is 12.0 Å². The van der Waals surface area contributed by atoms with E-state index in [4.69, 9.17) is 14.2 Å². The number of pyridine rings is 1. The standard InChI is InChI=1S/C26H28N4O3/c1-5-32-25-13-20(9-10-24(25)33-16-21-8-6-7-18(2)11-21)15-28-30-26-23(14-27)22(17-31-4)12-19(3)29-26/h6-13,15H,5,16-17H2,1-4H3,(H,29,30)/b28-15+. The Morgan fingerprint density at radius 1 is 1.06 bits per heavy atom. The number of aromatic nitrogens is 1. The maximum atomic E-state index is 9.54. The molecular formula is C26H28N4O3. The fraction of sp³-hybridized carbons (Fsp3) is 0.269. The number of nitrogens with one attached hydrogen (secondary N) is 1. The van der Waals surface area contributed by atoms with E-state index >= 15 is 0 Å². The number of aryl methyl sites for hydroxylation is 2. The quantitative estimate of drug-likeness (QED) is 0.344. The van der Waals surface area contributed by atoms with Crippen LogP contribution in [0.4, 0.5) is 5.82 Å². The third-order valence-corrected chi connectivity index (χ3v) is 4.77. The van der Waals surface area contributed by atoms with E-state index < -0.39 is 0 Å². The first-order chi connectivity index (χ1) is 16.0. The number of anilines is 1. The fourth-order valence-electron chi connectivity index (χ4n) is 3.34. The molecule has 0 fully saturated rings. The van der Waals surface area contributed by atoms with Gasteiger partial charge in [0.1, 0.15) is 18.2 Å². The van der Waals surface area contributed by atoms with Crippen LogP contribution < -0.4 is 14.9 Å². The van der Waals surface area contributed by atoms with Crippen molar-refractivity contribution in [3.63, 3.8) is 0 Å². The average Bonchev–Trinajstić information content (AvgIpc) is 2.79. The van der Waals surface area contributed by atoms with Crippen molar-refractivity contribution in [1.82, 2.24) is 4.98 Å². The molecule has 0 amide bonds. The van der Waals surface area contributed by atoms with Gasteiger partial charge in [0.15, 0.2) is 17.3 Å². The molecule has 0 unspecified atom stereocenters. The summed E-state index contributed by atoms with van der Waals surface area (Å²) < 4.78 is 17.0. The number of nitriles is 1. The molecule has 7 heteroatoms. The van der Waals surface area contributed by atoms with Crippen LogP contribution in [0.5, 0.6) is 11.5 Å². The van der Waals surface area contributed by atoms with E-state index in [1.54, 1.807) is 13.3 Å². The summed E-state index contributed by atoms with van der Waals surface area (Å²) in [6.45, 7) is 7.14. The van der Waals surface area contributed by atoms with Crippen LogP contribution in [-0.4, -0.2) is 24.9 Å². The summed E-state index contributed by atoms with van der Waals surface area (Å²) in [6, 6.07) is 17.8. The summed E-state index contributed by atoms with van der Waals surface area (Å²) in [5, 5.41) is 13.8. The van der Waals surface area contributed by atoms with Crippen LogP contribution in [0.15, 0.2) is 53.6 Å². The highest BCUT2D eigenvalue weighted by Crippen LogP contribution is 2.29. The Morgan fingerprint density at radius 2 is 1.91 bits per heavy atom. The number of ether oxygens (including phenoxy) is 3. The molecular weight excluding hydrogens is 416 g/mol. The van der Waals surface area contributed by atoms with Gasteiger partial charge in [0.05, 0.1) is 19.4 Å². The van der Waals surface area contributed by atoms with Crippen molar-refractivity contribution in [1.29, 1.82) is 5.26 Å². The number of benzene rings is 2. The van der Waals surface area contributed by atoms with Gasteiger partial charge in [0.25, 0.3) is 0 Å². The van der Waals surface area contributed by atoms with Gasteiger partial charge in [-0.05, 0) is 56.2 Å². The molecule has 0 atom stereocenters. The predicted molar refractivity (Wildman–Crippen MR) is 129 cm³/mol. The molecule has 3 rings (SSSR count). The lowest BCUT2D eigenvalue weighted by molar-refractivity contribution is 0.184. The van der Waals surface area contributed by atoms with E-state index in [2.05, 4.69) is 40.6 Å². The van der Waals surface area contributed by atoms with E-state index in [1.807, 2.05) is 50.2 Å². The van der Waals surface area contributed by atoms with E-state index in [0.29, 0.717) is 42.7 Å². The van der Waals surface area contributed by atoms with Gasteiger partial charge in [-0.15, -0.1) is 0 Å². The van der Waals surface area contributed by atoms with E-state index in [1.165, 1.54) is 5.56 Å². The van der Waals surface area contributed by atoms with Crippen LogP contribution in [0.25, 0.3) is 0 Å². The SMILES string of the molecule is CCOc1cc(/C=N/Nc2nc(C)cc(COC)c2C#N)ccc1OCc1cccc(C)c1. The maximum Gasteiger partial charge on any atom is 0.164 e. The largest absolute Gasteiger partial charge is 0.490 e. The van der Waals surface area contributed by atoms with Crippen molar-refractivity contribution in [2.45, 2.75) is 34.0 Å². The molecule has 2 aromatic carbocycles. The summed E-state index contributed by atoms with van der Waals surface area (Å²) in [7, 11) is 1.59. The maximum absolute atomic E-state index is 9.54. The van der Waals surface area contributed by atoms with Crippen molar-refractivity contribution in [2.24, 2.45) is 5.10 Å². The lowest BCUT2D eigenvalue weighted by Crippen LogP contribution is -2.04. The molecule has 0 aliphatic rings. The van der Waals surface area contributed by atoms with Gasteiger partial charge in [-0.1, -0.05) is 29.8 Å².